The lowest BCUT2D eigenvalue weighted by molar-refractivity contribution is -0.140. The van der Waals surface area contributed by atoms with E-state index in [1.54, 1.807) is 42.5 Å². The van der Waals surface area contributed by atoms with Crippen LogP contribution in [-0.2, 0) is 10.5 Å². The third kappa shape index (κ3) is 3.22. The van der Waals surface area contributed by atoms with Gasteiger partial charge in [0.25, 0.3) is 11.6 Å². The summed E-state index contributed by atoms with van der Waals surface area (Å²) in [6.07, 6.45) is 1.73. The highest BCUT2D eigenvalue weighted by Gasteiger charge is 2.53. The molecule has 3 amide bonds. The van der Waals surface area contributed by atoms with E-state index in [-0.39, 0.29) is 6.04 Å². The highest BCUT2D eigenvalue weighted by Crippen LogP contribution is 2.41. The maximum absolute atomic E-state index is 13.1. The standard InChI is InChI=1S/C20H20BrN3O4/c1-2-28-15-8-6-14(7-9-15)24-19(26)23-17-10-3-12(21)11-16(17)20(24,27)18(25)22-13-4-5-13/h3,6-11,13,27H,2,4-5H2,1H3,(H,22,25)(H,23,26). The predicted octanol–water partition coefficient (Wildman–Crippen LogP) is 3.32. The molecule has 0 spiro atoms. The van der Waals surface area contributed by atoms with Crippen LogP contribution < -0.4 is 20.3 Å². The minimum absolute atomic E-state index is 0.0271. The summed E-state index contributed by atoms with van der Waals surface area (Å²) in [7, 11) is 0. The van der Waals surface area contributed by atoms with Crippen molar-refractivity contribution in [3.63, 3.8) is 0 Å². The fourth-order valence-electron chi connectivity index (χ4n) is 3.25. The van der Waals surface area contributed by atoms with Gasteiger partial charge in [-0.15, -0.1) is 0 Å². The first-order chi connectivity index (χ1) is 13.4. The molecule has 2 aromatic rings. The van der Waals surface area contributed by atoms with Crippen LogP contribution in [0.1, 0.15) is 25.3 Å². The van der Waals surface area contributed by atoms with Crippen molar-refractivity contribution in [1.82, 2.24) is 5.32 Å². The van der Waals surface area contributed by atoms with Gasteiger partial charge in [-0.3, -0.25) is 9.69 Å². The van der Waals surface area contributed by atoms with Gasteiger partial charge < -0.3 is 20.5 Å². The van der Waals surface area contributed by atoms with Gasteiger partial charge in [-0.1, -0.05) is 15.9 Å². The number of amides is 3. The molecule has 28 heavy (non-hydrogen) atoms. The molecular weight excluding hydrogens is 426 g/mol. The van der Waals surface area contributed by atoms with Gasteiger partial charge in [0.2, 0.25) is 0 Å². The summed E-state index contributed by atoms with van der Waals surface area (Å²) in [5.74, 6) is 0.0101. The number of fused-ring (bicyclic) bond motifs is 1. The largest absolute Gasteiger partial charge is 0.494 e. The number of benzene rings is 2. The lowest BCUT2D eigenvalue weighted by atomic mass is 9.94. The van der Waals surface area contributed by atoms with Crippen molar-refractivity contribution in [2.45, 2.75) is 31.5 Å². The molecule has 0 saturated heterocycles. The number of carbonyl (C=O) groups is 2. The van der Waals surface area contributed by atoms with Gasteiger partial charge in [0.1, 0.15) is 5.75 Å². The van der Waals surface area contributed by atoms with Gasteiger partial charge in [-0.2, -0.15) is 0 Å². The van der Waals surface area contributed by atoms with Crippen LogP contribution in [0.2, 0.25) is 0 Å². The number of nitrogens with zero attached hydrogens (tertiary/aromatic N) is 1. The molecule has 8 heteroatoms. The van der Waals surface area contributed by atoms with Gasteiger partial charge in [0.15, 0.2) is 0 Å². The Labute approximate surface area is 170 Å². The number of rotatable bonds is 5. The molecule has 1 aliphatic carbocycles. The molecular formula is C20H20BrN3O4. The molecule has 1 fully saturated rings. The van der Waals surface area contributed by atoms with Crippen molar-refractivity contribution in [3.8, 4) is 5.75 Å². The molecule has 1 saturated carbocycles. The van der Waals surface area contributed by atoms with Crippen molar-refractivity contribution in [2.24, 2.45) is 0 Å². The molecule has 1 atom stereocenters. The summed E-state index contributed by atoms with van der Waals surface area (Å²) in [6, 6.07) is 11.2. The summed E-state index contributed by atoms with van der Waals surface area (Å²) in [4.78, 5) is 27.1. The molecule has 1 heterocycles. The van der Waals surface area contributed by atoms with Crippen LogP contribution in [0.4, 0.5) is 16.2 Å². The minimum Gasteiger partial charge on any atom is -0.494 e. The highest BCUT2D eigenvalue weighted by molar-refractivity contribution is 9.10. The molecule has 0 aromatic heterocycles. The lowest BCUT2D eigenvalue weighted by Crippen LogP contribution is -2.62. The number of hydrogen-bond acceptors (Lipinski definition) is 4. The smallest absolute Gasteiger partial charge is 0.329 e. The van der Waals surface area contributed by atoms with Gasteiger partial charge in [0, 0.05) is 21.8 Å². The summed E-state index contributed by atoms with van der Waals surface area (Å²) in [5.41, 5.74) is -1.12. The summed E-state index contributed by atoms with van der Waals surface area (Å²) >= 11 is 3.38. The Morgan fingerprint density at radius 2 is 2.04 bits per heavy atom. The highest BCUT2D eigenvalue weighted by atomic mass is 79.9. The van der Waals surface area contributed by atoms with Crippen molar-refractivity contribution < 1.29 is 19.4 Å². The molecule has 146 valence electrons. The van der Waals surface area contributed by atoms with Gasteiger partial charge in [-0.05, 0) is 62.2 Å². The molecule has 7 nitrogen and oxygen atoms in total. The van der Waals surface area contributed by atoms with E-state index in [0.29, 0.717) is 33.8 Å². The zero-order chi connectivity index (χ0) is 19.9. The SMILES string of the molecule is CCOc1ccc(N2C(=O)Nc3ccc(Br)cc3C2(O)C(=O)NC2CC2)cc1. The molecule has 2 aliphatic rings. The van der Waals surface area contributed by atoms with E-state index in [1.807, 2.05) is 6.92 Å². The number of carbonyl (C=O) groups excluding carboxylic acids is 2. The summed E-state index contributed by atoms with van der Waals surface area (Å²) in [5, 5.41) is 17.2. The zero-order valence-corrected chi connectivity index (χ0v) is 16.8. The second-order valence-electron chi connectivity index (χ2n) is 6.80. The molecule has 1 unspecified atom stereocenters. The lowest BCUT2D eigenvalue weighted by Gasteiger charge is -2.42. The molecule has 3 N–H and O–H groups in total. The number of hydrogen-bond donors (Lipinski definition) is 3. The van der Waals surface area contributed by atoms with E-state index < -0.39 is 17.7 Å². The fraction of sp³-hybridized carbons (Fsp3) is 0.300. The van der Waals surface area contributed by atoms with Crippen molar-refractivity contribution in [2.75, 3.05) is 16.8 Å². The normalized spacial score (nSPS) is 21.0. The summed E-state index contributed by atoms with van der Waals surface area (Å²) < 4.78 is 6.13. The number of aliphatic hydroxyl groups is 1. The van der Waals surface area contributed by atoms with Crippen LogP contribution in [0.5, 0.6) is 5.75 Å². The van der Waals surface area contributed by atoms with Crippen molar-refractivity contribution >= 4 is 39.2 Å². The van der Waals surface area contributed by atoms with Gasteiger partial charge >= 0.3 is 6.03 Å². The van der Waals surface area contributed by atoms with E-state index in [1.165, 1.54) is 0 Å². The van der Waals surface area contributed by atoms with Crippen LogP contribution in [0.3, 0.4) is 0 Å². The number of urea groups is 1. The topological polar surface area (TPSA) is 90.9 Å². The van der Waals surface area contributed by atoms with Crippen LogP contribution >= 0.6 is 15.9 Å². The first-order valence-corrected chi connectivity index (χ1v) is 9.90. The van der Waals surface area contributed by atoms with Gasteiger partial charge in [-0.25, -0.2) is 4.79 Å². The Hall–Kier alpha value is -2.58. The first-order valence-electron chi connectivity index (χ1n) is 9.11. The molecule has 4 rings (SSSR count). The quantitative estimate of drug-likeness (QED) is 0.658. The molecule has 0 bridgehead atoms. The summed E-state index contributed by atoms with van der Waals surface area (Å²) in [6.45, 7) is 2.39. The number of anilines is 2. The van der Waals surface area contributed by atoms with Crippen LogP contribution in [0.25, 0.3) is 0 Å². The number of nitrogens with one attached hydrogen (secondary N) is 2. The Balaban J connectivity index is 1.82. The first kappa shape index (κ1) is 18.8. The van der Waals surface area contributed by atoms with Gasteiger partial charge in [0.05, 0.1) is 12.3 Å². The van der Waals surface area contributed by atoms with Crippen LogP contribution in [-0.4, -0.2) is 29.7 Å². The second kappa shape index (κ2) is 7.10. The van der Waals surface area contributed by atoms with E-state index in [2.05, 4.69) is 26.6 Å². The monoisotopic (exact) mass is 445 g/mol. The zero-order valence-electron chi connectivity index (χ0n) is 15.2. The third-order valence-electron chi connectivity index (χ3n) is 4.76. The number of ether oxygens (including phenoxy) is 1. The Bertz CT molecular complexity index is 930. The van der Waals surface area contributed by atoms with E-state index in [0.717, 1.165) is 17.7 Å². The Kier molecular flexibility index (Phi) is 4.76. The van der Waals surface area contributed by atoms with E-state index in [4.69, 9.17) is 4.74 Å². The van der Waals surface area contributed by atoms with Crippen molar-refractivity contribution in [1.29, 1.82) is 0 Å². The third-order valence-corrected chi connectivity index (χ3v) is 5.25. The Morgan fingerprint density at radius 1 is 1.32 bits per heavy atom. The molecule has 1 aliphatic heterocycles. The average Bonchev–Trinajstić information content (AvgIpc) is 3.48. The minimum atomic E-state index is -2.18. The maximum atomic E-state index is 13.1. The van der Waals surface area contributed by atoms with E-state index in [9.17, 15) is 14.7 Å². The van der Waals surface area contributed by atoms with Crippen molar-refractivity contribution in [3.05, 3.63) is 52.5 Å². The molecule has 0 radical (unpaired) electrons. The maximum Gasteiger partial charge on any atom is 0.329 e. The average molecular weight is 446 g/mol. The number of halogens is 1. The molecule has 2 aromatic carbocycles. The fourth-order valence-corrected chi connectivity index (χ4v) is 3.61. The predicted molar refractivity (Wildman–Crippen MR) is 108 cm³/mol. The Morgan fingerprint density at radius 3 is 2.68 bits per heavy atom. The van der Waals surface area contributed by atoms with Crippen LogP contribution in [0.15, 0.2) is 46.9 Å². The van der Waals surface area contributed by atoms with E-state index >= 15 is 0 Å². The second-order valence-corrected chi connectivity index (χ2v) is 7.72. The van der Waals surface area contributed by atoms with Crippen LogP contribution in [0, 0.1) is 0 Å².